The predicted molar refractivity (Wildman–Crippen MR) is 33.8 cm³/mol. The van der Waals surface area contributed by atoms with Crippen molar-refractivity contribution in [1.82, 2.24) is 5.32 Å². The van der Waals surface area contributed by atoms with Gasteiger partial charge >= 0.3 is 5.97 Å². The molecule has 3 N–H and O–H groups in total. The zero-order valence-electron chi connectivity index (χ0n) is 5.72. The monoisotopic (exact) mass is 146 g/mol. The Labute approximate surface area is 58.5 Å². The van der Waals surface area contributed by atoms with E-state index in [1.165, 1.54) is 6.92 Å². The molecule has 0 atom stereocenters. The Bertz CT molecular complexity index is 135. The van der Waals surface area contributed by atoms with Gasteiger partial charge in [0, 0.05) is 6.92 Å². The van der Waals surface area contributed by atoms with Crippen molar-refractivity contribution in [2.24, 2.45) is 5.73 Å². The summed E-state index contributed by atoms with van der Waals surface area (Å²) in [6.45, 7) is 1.06. The number of amides is 1. The van der Waals surface area contributed by atoms with Crippen LogP contribution in [0.1, 0.15) is 6.92 Å². The number of rotatable bonds is 3. The van der Waals surface area contributed by atoms with Crippen LogP contribution in [0.15, 0.2) is 0 Å². The van der Waals surface area contributed by atoms with Crippen molar-refractivity contribution >= 4 is 11.9 Å². The summed E-state index contributed by atoms with van der Waals surface area (Å²) in [5.74, 6) is -0.779. The van der Waals surface area contributed by atoms with E-state index in [4.69, 9.17) is 5.73 Å². The fraction of sp³-hybridized carbons (Fsp3) is 0.600. The number of hydrogen-bond acceptors (Lipinski definition) is 4. The van der Waals surface area contributed by atoms with E-state index in [2.05, 4.69) is 10.1 Å². The van der Waals surface area contributed by atoms with E-state index in [1.54, 1.807) is 0 Å². The molecule has 0 aromatic carbocycles. The first-order chi connectivity index (χ1) is 4.66. The van der Waals surface area contributed by atoms with E-state index in [0.29, 0.717) is 0 Å². The summed E-state index contributed by atoms with van der Waals surface area (Å²) in [4.78, 5) is 20.5. The Morgan fingerprint density at radius 1 is 1.60 bits per heavy atom. The molecule has 0 bridgehead atoms. The lowest BCUT2D eigenvalue weighted by Crippen LogP contribution is -2.32. The third-order valence-corrected chi connectivity index (χ3v) is 0.730. The van der Waals surface area contributed by atoms with Crippen molar-refractivity contribution in [1.29, 1.82) is 0 Å². The first-order valence-electron chi connectivity index (χ1n) is 2.77. The Kier molecular flexibility index (Phi) is 4.23. The molecule has 58 valence electrons. The van der Waals surface area contributed by atoms with Crippen LogP contribution in [-0.2, 0) is 14.3 Å². The molecular weight excluding hydrogens is 136 g/mol. The van der Waals surface area contributed by atoms with Crippen molar-refractivity contribution in [2.45, 2.75) is 6.92 Å². The minimum absolute atomic E-state index is 0.0960. The lowest BCUT2D eigenvalue weighted by molar-refractivity contribution is -0.142. The van der Waals surface area contributed by atoms with E-state index in [0.717, 1.165) is 0 Å². The number of esters is 1. The molecule has 1 amide bonds. The summed E-state index contributed by atoms with van der Waals surface area (Å²) >= 11 is 0. The summed E-state index contributed by atoms with van der Waals surface area (Å²) in [6.07, 6.45) is 0. The molecule has 0 unspecified atom stereocenters. The van der Waals surface area contributed by atoms with Gasteiger partial charge in [-0.25, -0.2) is 0 Å². The molecule has 0 fully saturated rings. The molecule has 5 nitrogen and oxygen atoms in total. The highest BCUT2D eigenvalue weighted by molar-refractivity contribution is 5.77. The molecule has 0 saturated heterocycles. The van der Waals surface area contributed by atoms with Gasteiger partial charge in [0.05, 0.1) is 6.54 Å². The van der Waals surface area contributed by atoms with Crippen LogP contribution < -0.4 is 11.1 Å². The molecule has 10 heavy (non-hydrogen) atoms. The van der Waals surface area contributed by atoms with Gasteiger partial charge in [-0.1, -0.05) is 0 Å². The second-order valence-electron chi connectivity index (χ2n) is 1.58. The molecule has 0 radical (unpaired) electrons. The first-order valence-corrected chi connectivity index (χ1v) is 2.77. The Morgan fingerprint density at radius 2 is 2.20 bits per heavy atom. The highest BCUT2D eigenvalue weighted by Gasteiger charge is 1.95. The summed E-state index contributed by atoms with van der Waals surface area (Å²) < 4.78 is 4.39. The van der Waals surface area contributed by atoms with Crippen LogP contribution >= 0.6 is 0 Å². The number of carbonyl (C=O) groups is 2. The molecule has 0 saturated carbocycles. The largest absolute Gasteiger partial charge is 0.445 e. The molecule has 0 aliphatic rings. The second kappa shape index (κ2) is 4.75. The summed E-state index contributed by atoms with van der Waals surface area (Å²) in [6, 6.07) is 0. The van der Waals surface area contributed by atoms with Gasteiger partial charge in [-0.05, 0) is 0 Å². The average molecular weight is 146 g/mol. The molecule has 5 heteroatoms. The minimum atomic E-state index is -0.433. The zero-order chi connectivity index (χ0) is 7.98. The zero-order valence-corrected chi connectivity index (χ0v) is 5.72. The van der Waals surface area contributed by atoms with Gasteiger partial charge in [0.1, 0.15) is 0 Å². The average Bonchev–Trinajstić information content (AvgIpc) is 1.87. The number of ether oxygens (including phenoxy) is 1. The summed E-state index contributed by atoms with van der Waals surface area (Å²) in [7, 11) is 0. The number of nitrogens with two attached hydrogens (primary N) is 1. The highest BCUT2D eigenvalue weighted by atomic mass is 16.5. The summed E-state index contributed by atoms with van der Waals surface area (Å²) in [5.41, 5.74) is 4.94. The van der Waals surface area contributed by atoms with Crippen molar-refractivity contribution in [3.8, 4) is 0 Å². The Balaban J connectivity index is 3.20. The van der Waals surface area contributed by atoms with Gasteiger partial charge in [0.15, 0.2) is 6.73 Å². The molecule has 0 spiro atoms. The van der Waals surface area contributed by atoms with Crippen molar-refractivity contribution in [2.75, 3.05) is 13.3 Å². The van der Waals surface area contributed by atoms with E-state index in [-0.39, 0.29) is 19.2 Å². The van der Waals surface area contributed by atoms with Gasteiger partial charge in [-0.2, -0.15) is 0 Å². The lowest BCUT2D eigenvalue weighted by atomic mass is 10.6. The quantitative estimate of drug-likeness (QED) is 0.378. The molecule has 0 aliphatic carbocycles. The van der Waals surface area contributed by atoms with Crippen molar-refractivity contribution < 1.29 is 14.3 Å². The van der Waals surface area contributed by atoms with E-state index >= 15 is 0 Å². The molecule has 0 heterocycles. The number of nitrogens with one attached hydrogen (secondary N) is 1. The Hall–Kier alpha value is -1.10. The molecule has 0 aromatic rings. The SMILES string of the molecule is CC(=O)OCNC(=O)CN. The maximum Gasteiger partial charge on any atom is 0.304 e. The topological polar surface area (TPSA) is 81.4 Å². The van der Waals surface area contributed by atoms with Crippen LogP contribution in [0.3, 0.4) is 0 Å². The number of carbonyl (C=O) groups excluding carboxylic acids is 2. The molecule has 0 aliphatic heterocycles. The fourth-order valence-corrected chi connectivity index (χ4v) is 0.290. The normalized spacial score (nSPS) is 8.60. The van der Waals surface area contributed by atoms with E-state index in [1.807, 2.05) is 0 Å². The summed E-state index contributed by atoms with van der Waals surface area (Å²) in [5, 5.41) is 2.26. The van der Waals surface area contributed by atoms with Crippen LogP contribution in [0, 0.1) is 0 Å². The van der Waals surface area contributed by atoms with Gasteiger partial charge in [0.25, 0.3) is 0 Å². The first kappa shape index (κ1) is 8.90. The third kappa shape index (κ3) is 5.04. The third-order valence-electron chi connectivity index (χ3n) is 0.730. The standard InChI is InChI=1S/C5H10N2O3/c1-4(8)10-3-7-5(9)2-6/h2-3,6H2,1H3,(H,7,9). The second-order valence-corrected chi connectivity index (χ2v) is 1.58. The van der Waals surface area contributed by atoms with Gasteiger partial charge in [-0.15, -0.1) is 0 Å². The molecule has 0 rings (SSSR count). The maximum absolute atomic E-state index is 10.4. The van der Waals surface area contributed by atoms with Crippen LogP contribution in [0.5, 0.6) is 0 Å². The maximum atomic E-state index is 10.4. The van der Waals surface area contributed by atoms with Crippen molar-refractivity contribution in [3.05, 3.63) is 0 Å². The van der Waals surface area contributed by atoms with Crippen LogP contribution in [0.4, 0.5) is 0 Å². The van der Waals surface area contributed by atoms with Gasteiger partial charge in [0.2, 0.25) is 5.91 Å². The smallest absolute Gasteiger partial charge is 0.304 e. The minimum Gasteiger partial charge on any atom is -0.445 e. The number of hydrogen-bond donors (Lipinski definition) is 2. The molecule has 0 aromatic heterocycles. The van der Waals surface area contributed by atoms with Gasteiger partial charge in [-0.3, -0.25) is 9.59 Å². The van der Waals surface area contributed by atoms with E-state index in [9.17, 15) is 9.59 Å². The highest BCUT2D eigenvalue weighted by Crippen LogP contribution is 1.70. The lowest BCUT2D eigenvalue weighted by Gasteiger charge is -2.01. The van der Waals surface area contributed by atoms with Crippen molar-refractivity contribution in [3.63, 3.8) is 0 Å². The van der Waals surface area contributed by atoms with Gasteiger partial charge < -0.3 is 15.8 Å². The Morgan fingerprint density at radius 3 is 2.60 bits per heavy atom. The predicted octanol–water partition coefficient (Wildman–Crippen LogP) is -1.42. The van der Waals surface area contributed by atoms with Crippen LogP contribution in [-0.4, -0.2) is 25.2 Å². The molecular formula is C5H10N2O3. The van der Waals surface area contributed by atoms with Crippen LogP contribution in [0.2, 0.25) is 0 Å². The van der Waals surface area contributed by atoms with Crippen LogP contribution in [0.25, 0.3) is 0 Å². The fourth-order valence-electron chi connectivity index (χ4n) is 0.290. The van der Waals surface area contributed by atoms with E-state index < -0.39 is 5.97 Å².